The fourth-order valence-electron chi connectivity index (χ4n) is 0.764. The lowest BCUT2D eigenvalue weighted by atomic mass is 10.3. The van der Waals surface area contributed by atoms with Gasteiger partial charge in [-0.25, -0.2) is 0 Å². The van der Waals surface area contributed by atoms with Crippen molar-refractivity contribution >= 4 is 5.91 Å². The monoisotopic (exact) mass is 174 g/mol. The van der Waals surface area contributed by atoms with E-state index < -0.39 is 0 Å². The average molecular weight is 174 g/mol. The number of rotatable bonds is 6. The number of nitrogens with zero attached hydrogens (tertiary/aromatic N) is 1. The first kappa shape index (κ1) is 11.4. The standard InChI is InChI=1S/C8H18N2O2/c1-4-12-6-5-10(3)7(2)8(9)11/h7H,4-6H2,1-3H3,(H2,9,11). The van der Waals surface area contributed by atoms with Crippen LogP contribution in [-0.2, 0) is 9.53 Å². The van der Waals surface area contributed by atoms with E-state index in [0.717, 1.165) is 6.54 Å². The number of primary amides is 1. The Hall–Kier alpha value is -0.610. The summed E-state index contributed by atoms with van der Waals surface area (Å²) in [6.45, 7) is 5.81. The summed E-state index contributed by atoms with van der Waals surface area (Å²) in [5.74, 6) is -0.297. The molecule has 0 spiro atoms. The molecule has 0 aromatic rings. The lowest BCUT2D eigenvalue weighted by Crippen LogP contribution is -2.41. The maximum Gasteiger partial charge on any atom is 0.234 e. The minimum atomic E-state index is -0.297. The highest BCUT2D eigenvalue weighted by atomic mass is 16.5. The van der Waals surface area contributed by atoms with Crippen LogP contribution < -0.4 is 5.73 Å². The Bertz CT molecular complexity index is 139. The van der Waals surface area contributed by atoms with Crippen molar-refractivity contribution < 1.29 is 9.53 Å². The Morgan fingerprint density at radius 2 is 2.25 bits per heavy atom. The van der Waals surface area contributed by atoms with Gasteiger partial charge >= 0.3 is 0 Å². The predicted molar refractivity (Wildman–Crippen MR) is 47.8 cm³/mol. The quantitative estimate of drug-likeness (QED) is 0.569. The van der Waals surface area contributed by atoms with Crippen LogP contribution in [0, 0.1) is 0 Å². The van der Waals surface area contributed by atoms with E-state index in [1.807, 2.05) is 18.9 Å². The number of carbonyl (C=O) groups excluding carboxylic acids is 1. The Balaban J connectivity index is 3.56. The zero-order chi connectivity index (χ0) is 9.56. The van der Waals surface area contributed by atoms with Crippen molar-refractivity contribution in [3.05, 3.63) is 0 Å². The Morgan fingerprint density at radius 1 is 1.67 bits per heavy atom. The second-order valence-electron chi connectivity index (χ2n) is 2.76. The molecular weight excluding hydrogens is 156 g/mol. The maximum absolute atomic E-state index is 10.7. The molecule has 2 N–H and O–H groups in total. The molecule has 0 radical (unpaired) electrons. The predicted octanol–water partition coefficient (Wildman–Crippen LogP) is -0.171. The van der Waals surface area contributed by atoms with E-state index in [1.165, 1.54) is 0 Å². The molecule has 0 aromatic heterocycles. The first-order valence-electron chi connectivity index (χ1n) is 4.16. The highest BCUT2D eigenvalue weighted by Gasteiger charge is 2.13. The molecule has 4 nitrogen and oxygen atoms in total. The molecule has 0 rings (SSSR count). The first-order chi connectivity index (χ1) is 5.59. The molecular formula is C8H18N2O2. The molecule has 1 unspecified atom stereocenters. The van der Waals surface area contributed by atoms with Crippen LogP contribution in [0.1, 0.15) is 13.8 Å². The fourth-order valence-corrected chi connectivity index (χ4v) is 0.764. The number of ether oxygens (including phenoxy) is 1. The van der Waals surface area contributed by atoms with Crippen LogP contribution in [0.25, 0.3) is 0 Å². The van der Waals surface area contributed by atoms with E-state index in [1.54, 1.807) is 6.92 Å². The minimum Gasteiger partial charge on any atom is -0.380 e. The van der Waals surface area contributed by atoms with Crippen molar-refractivity contribution in [1.82, 2.24) is 4.90 Å². The molecule has 0 heterocycles. The fraction of sp³-hybridized carbons (Fsp3) is 0.875. The molecule has 12 heavy (non-hydrogen) atoms. The Kier molecular flexibility index (Phi) is 5.66. The normalized spacial score (nSPS) is 13.3. The van der Waals surface area contributed by atoms with E-state index in [9.17, 15) is 4.79 Å². The van der Waals surface area contributed by atoms with Gasteiger partial charge in [0.15, 0.2) is 0 Å². The molecule has 0 bridgehead atoms. The van der Waals surface area contributed by atoms with Crippen molar-refractivity contribution in [3.8, 4) is 0 Å². The molecule has 0 saturated heterocycles. The van der Waals surface area contributed by atoms with Gasteiger partial charge in [-0.1, -0.05) is 0 Å². The first-order valence-corrected chi connectivity index (χ1v) is 4.16. The summed E-state index contributed by atoms with van der Waals surface area (Å²) in [5.41, 5.74) is 5.12. The van der Waals surface area contributed by atoms with Gasteiger partial charge in [-0.15, -0.1) is 0 Å². The smallest absolute Gasteiger partial charge is 0.234 e. The summed E-state index contributed by atoms with van der Waals surface area (Å²) in [6, 6.07) is -0.217. The van der Waals surface area contributed by atoms with Crippen molar-refractivity contribution in [2.75, 3.05) is 26.8 Å². The lowest BCUT2D eigenvalue weighted by Gasteiger charge is -2.21. The average Bonchev–Trinajstić information content (AvgIpc) is 2.03. The Labute approximate surface area is 73.7 Å². The molecule has 0 aliphatic carbocycles. The van der Waals surface area contributed by atoms with Gasteiger partial charge in [0.25, 0.3) is 0 Å². The number of carbonyl (C=O) groups is 1. The van der Waals surface area contributed by atoms with Gasteiger partial charge in [-0.3, -0.25) is 9.69 Å². The third kappa shape index (κ3) is 4.31. The van der Waals surface area contributed by atoms with Gasteiger partial charge in [0.1, 0.15) is 0 Å². The topological polar surface area (TPSA) is 55.6 Å². The highest BCUT2D eigenvalue weighted by Crippen LogP contribution is 1.93. The maximum atomic E-state index is 10.7. The zero-order valence-corrected chi connectivity index (χ0v) is 8.04. The van der Waals surface area contributed by atoms with Crippen LogP contribution in [0.4, 0.5) is 0 Å². The Morgan fingerprint density at radius 3 is 2.67 bits per heavy atom. The zero-order valence-electron chi connectivity index (χ0n) is 8.04. The molecule has 0 aliphatic heterocycles. The third-order valence-electron chi connectivity index (χ3n) is 1.87. The molecule has 0 aromatic carbocycles. The summed E-state index contributed by atoms with van der Waals surface area (Å²) in [4.78, 5) is 12.6. The summed E-state index contributed by atoms with van der Waals surface area (Å²) in [6.07, 6.45) is 0. The molecule has 0 saturated carbocycles. The van der Waals surface area contributed by atoms with Gasteiger partial charge < -0.3 is 10.5 Å². The second kappa shape index (κ2) is 5.97. The summed E-state index contributed by atoms with van der Waals surface area (Å²) in [5, 5.41) is 0. The summed E-state index contributed by atoms with van der Waals surface area (Å²) < 4.78 is 5.14. The highest BCUT2D eigenvalue weighted by molar-refractivity contribution is 5.79. The molecule has 1 atom stereocenters. The van der Waals surface area contributed by atoms with Crippen LogP contribution >= 0.6 is 0 Å². The number of hydrogen-bond donors (Lipinski definition) is 1. The van der Waals surface area contributed by atoms with Crippen molar-refractivity contribution in [1.29, 1.82) is 0 Å². The van der Waals surface area contributed by atoms with Gasteiger partial charge in [0.2, 0.25) is 5.91 Å². The number of likely N-dealkylation sites (N-methyl/N-ethyl adjacent to an activating group) is 1. The third-order valence-corrected chi connectivity index (χ3v) is 1.87. The molecule has 1 amide bonds. The number of hydrogen-bond acceptors (Lipinski definition) is 3. The van der Waals surface area contributed by atoms with E-state index >= 15 is 0 Å². The van der Waals surface area contributed by atoms with Crippen LogP contribution in [0.2, 0.25) is 0 Å². The van der Waals surface area contributed by atoms with E-state index in [4.69, 9.17) is 10.5 Å². The lowest BCUT2D eigenvalue weighted by molar-refractivity contribution is -0.122. The van der Waals surface area contributed by atoms with E-state index in [2.05, 4.69) is 0 Å². The van der Waals surface area contributed by atoms with Crippen molar-refractivity contribution in [2.24, 2.45) is 5.73 Å². The van der Waals surface area contributed by atoms with Crippen LogP contribution in [-0.4, -0.2) is 43.7 Å². The minimum absolute atomic E-state index is 0.217. The SMILES string of the molecule is CCOCCN(C)C(C)C(N)=O. The van der Waals surface area contributed by atoms with Crippen molar-refractivity contribution in [2.45, 2.75) is 19.9 Å². The summed E-state index contributed by atoms with van der Waals surface area (Å²) in [7, 11) is 1.86. The van der Waals surface area contributed by atoms with Gasteiger partial charge in [-0.2, -0.15) is 0 Å². The van der Waals surface area contributed by atoms with E-state index in [-0.39, 0.29) is 11.9 Å². The van der Waals surface area contributed by atoms with Crippen LogP contribution in [0.5, 0.6) is 0 Å². The van der Waals surface area contributed by atoms with Gasteiger partial charge in [0, 0.05) is 13.2 Å². The molecule has 0 fully saturated rings. The molecule has 0 aliphatic rings. The number of amides is 1. The van der Waals surface area contributed by atoms with Crippen LogP contribution in [0.15, 0.2) is 0 Å². The number of nitrogens with two attached hydrogens (primary N) is 1. The molecule has 4 heteroatoms. The van der Waals surface area contributed by atoms with Crippen molar-refractivity contribution in [3.63, 3.8) is 0 Å². The van der Waals surface area contributed by atoms with Gasteiger partial charge in [-0.05, 0) is 20.9 Å². The van der Waals surface area contributed by atoms with E-state index in [0.29, 0.717) is 13.2 Å². The largest absolute Gasteiger partial charge is 0.380 e. The van der Waals surface area contributed by atoms with Gasteiger partial charge in [0.05, 0.1) is 12.6 Å². The van der Waals surface area contributed by atoms with Crippen LogP contribution in [0.3, 0.4) is 0 Å². The molecule has 72 valence electrons. The summed E-state index contributed by atoms with van der Waals surface area (Å²) >= 11 is 0. The second-order valence-corrected chi connectivity index (χ2v) is 2.76.